The van der Waals surface area contributed by atoms with Gasteiger partial charge in [-0.05, 0) is 70.0 Å². The molecule has 0 radical (unpaired) electrons. The number of aryl methyl sites for hydroxylation is 2. The van der Waals surface area contributed by atoms with Crippen LogP contribution in [0.2, 0.25) is 0 Å². The second-order valence-corrected chi connectivity index (χ2v) is 5.29. The van der Waals surface area contributed by atoms with Gasteiger partial charge in [-0.15, -0.1) is 11.3 Å². The topological polar surface area (TPSA) is 0 Å². The number of hydrogen-bond donors (Lipinski definition) is 0. The Hall–Kier alpha value is -0.0900. The summed E-state index contributed by atoms with van der Waals surface area (Å²) in [6.07, 6.45) is 1.14. The van der Waals surface area contributed by atoms with Gasteiger partial charge in [0.1, 0.15) is 0 Å². The third-order valence-electron chi connectivity index (χ3n) is 2.32. The van der Waals surface area contributed by atoms with E-state index in [9.17, 15) is 0 Å². The van der Waals surface area contributed by atoms with Crippen molar-refractivity contribution in [2.75, 3.05) is 0 Å². The van der Waals surface area contributed by atoms with Gasteiger partial charge in [0.2, 0.25) is 0 Å². The van der Waals surface area contributed by atoms with Crippen molar-refractivity contribution in [3.8, 4) is 0 Å². The van der Waals surface area contributed by atoms with Crippen molar-refractivity contribution in [1.82, 2.24) is 0 Å². The summed E-state index contributed by atoms with van der Waals surface area (Å²) in [5.41, 5.74) is 2.87. The van der Waals surface area contributed by atoms with Crippen LogP contribution in [0, 0.1) is 10.5 Å². The van der Waals surface area contributed by atoms with E-state index in [4.69, 9.17) is 0 Å². The molecule has 1 aromatic heterocycles. The minimum Gasteiger partial charge on any atom is -0.144 e. The highest BCUT2D eigenvalue weighted by molar-refractivity contribution is 14.1. The van der Waals surface area contributed by atoms with Gasteiger partial charge in [-0.2, -0.15) is 0 Å². The summed E-state index contributed by atoms with van der Waals surface area (Å²) in [5, 5.41) is 3.72. The van der Waals surface area contributed by atoms with E-state index in [1.165, 1.54) is 24.8 Å². The van der Waals surface area contributed by atoms with Crippen LogP contribution in [0.3, 0.4) is 0 Å². The number of rotatable bonds is 1. The highest BCUT2D eigenvalue weighted by Gasteiger charge is 2.04. The van der Waals surface area contributed by atoms with Crippen molar-refractivity contribution in [2.24, 2.45) is 0 Å². The van der Waals surface area contributed by atoms with Gasteiger partial charge in [-0.1, -0.05) is 6.92 Å². The first-order chi connectivity index (χ1) is 6.22. The van der Waals surface area contributed by atoms with Gasteiger partial charge in [-0.3, -0.25) is 0 Å². The van der Waals surface area contributed by atoms with Gasteiger partial charge in [0.25, 0.3) is 0 Å². The molecule has 0 aliphatic rings. The molecule has 0 saturated carbocycles. The van der Waals surface area contributed by atoms with E-state index in [0.29, 0.717) is 0 Å². The third-order valence-corrected chi connectivity index (χ3v) is 4.47. The van der Waals surface area contributed by atoms with Crippen molar-refractivity contribution in [2.45, 2.75) is 20.3 Å². The molecule has 0 spiro atoms. The number of thiophene rings is 1. The molecule has 0 atom stereocenters. The van der Waals surface area contributed by atoms with Gasteiger partial charge in [-0.25, -0.2) is 0 Å². The Balaban J connectivity index is 2.77. The minimum atomic E-state index is 1.14. The van der Waals surface area contributed by atoms with E-state index in [0.717, 1.165) is 6.42 Å². The fraction of sp³-hybridized carbons (Fsp3) is 0.273. The first-order valence-electron chi connectivity index (χ1n) is 4.38. The molecule has 0 saturated heterocycles. The maximum atomic E-state index is 2.41. The third kappa shape index (κ3) is 1.62. The van der Waals surface area contributed by atoms with Crippen LogP contribution in [-0.4, -0.2) is 0 Å². The maximum absolute atomic E-state index is 2.41. The Morgan fingerprint density at radius 1 is 1.38 bits per heavy atom. The van der Waals surface area contributed by atoms with Crippen molar-refractivity contribution in [1.29, 1.82) is 0 Å². The summed E-state index contributed by atoms with van der Waals surface area (Å²) >= 11 is 4.27. The van der Waals surface area contributed by atoms with Crippen LogP contribution in [0.4, 0.5) is 0 Å². The molecule has 2 heteroatoms. The number of halogens is 1. The van der Waals surface area contributed by atoms with Gasteiger partial charge < -0.3 is 0 Å². The summed E-state index contributed by atoms with van der Waals surface area (Å²) in [5.74, 6) is 0. The average Bonchev–Trinajstić information content (AvgIpc) is 2.48. The monoisotopic (exact) mass is 302 g/mol. The molecule has 1 aromatic carbocycles. The fourth-order valence-corrected chi connectivity index (χ4v) is 3.07. The summed E-state index contributed by atoms with van der Waals surface area (Å²) in [4.78, 5) is 0. The van der Waals surface area contributed by atoms with Crippen molar-refractivity contribution < 1.29 is 0 Å². The second-order valence-electron chi connectivity index (χ2n) is 3.21. The van der Waals surface area contributed by atoms with Crippen LogP contribution in [-0.2, 0) is 6.42 Å². The van der Waals surface area contributed by atoms with Crippen LogP contribution in [0.5, 0.6) is 0 Å². The van der Waals surface area contributed by atoms with Gasteiger partial charge in [0.15, 0.2) is 0 Å². The minimum absolute atomic E-state index is 1.14. The summed E-state index contributed by atoms with van der Waals surface area (Å²) in [7, 11) is 0. The second kappa shape index (κ2) is 3.58. The molecular formula is C11H11IS. The van der Waals surface area contributed by atoms with E-state index in [2.05, 4.69) is 54.0 Å². The largest absolute Gasteiger partial charge is 0.144 e. The smallest absolute Gasteiger partial charge is 0.0348 e. The quantitative estimate of drug-likeness (QED) is 0.686. The number of benzene rings is 1. The molecule has 0 nitrogen and oxygen atoms in total. The lowest BCUT2D eigenvalue weighted by molar-refractivity contribution is 1.17. The summed E-state index contributed by atoms with van der Waals surface area (Å²) < 4.78 is 2.80. The zero-order chi connectivity index (χ0) is 9.42. The molecule has 68 valence electrons. The van der Waals surface area contributed by atoms with E-state index in [1.54, 1.807) is 0 Å². The predicted octanol–water partition coefficient (Wildman–Crippen LogP) is 4.38. The van der Waals surface area contributed by atoms with Gasteiger partial charge in [0.05, 0.1) is 0 Å². The van der Waals surface area contributed by atoms with E-state index < -0.39 is 0 Å². The Kier molecular flexibility index (Phi) is 2.60. The zero-order valence-electron chi connectivity index (χ0n) is 7.73. The SMILES string of the molecule is CCc1csc2cc(C)c(I)cc12. The lowest BCUT2D eigenvalue weighted by atomic mass is 10.1. The van der Waals surface area contributed by atoms with Crippen molar-refractivity contribution in [3.05, 3.63) is 32.2 Å². The predicted molar refractivity (Wildman–Crippen MR) is 68.7 cm³/mol. The van der Waals surface area contributed by atoms with E-state index in [-0.39, 0.29) is 0 Å². The van der Waals surface area contributed by atoms with Crippen LogP contribution >= 0.6 is 33.9 Å². The van der Waals surface area contributed by atoms with Crippen molar-refractivity contribution >= 4 is 44.0 Å². The average molecular weight is 302 g/mol. The van der Waals surface area contributed by atoms with Crippen LogP contribution in [0.25, 0.3) is 10.1 Å². The molecule has 0 N–H and O–H groups in total. The molecule has 0 bridgehead atoms. The Labute approximate surface area is 96.1 Å². The molecule has 0 amide bonds. The molecule has 0 unspecified atom stereocenters. The van der Waals surface area contributed by atoms with Crippen LogP contribution < -0.4 is 0 Å². The summed E-state index contributed by atoms with van der Waals surface area (Å²) in [6, 6.07) is 4.60. The first-order valence-corrected chi connectivity index (χ1v) is 6.34. The van der Waals surface area contributed by atoms with Crippen LogP contribution in [0.1, 0.15) is 18.1 Å². The molecule has 1 heterocycles. The van der Waals surface area contributed by atoms with Crippen molar-refractivity contribution in [3.63, 3.8) is 0 Å². The highest BCUT2D eigenvalue weighted by atomic mass is 127. The number of fused-ring (bicyclic) bond motifs is 1. The molecule has 0 aliphatic heterocycles. The molecular weight excluding hydrogens is 291 g/mol. The zero-order valence-corrected chi connectivity index (χ0v) is 10.7. The van der Waals surface area contributed by atoms with E-state index in [1.807, 2.05) is 11.3 Å². The molecule has 2 aromatic rings. The lowest BCUT2D eigenvalue weighted by Gasteiger charge is -1.99. The molecule has 2 rings (SSSR count). The van der Waals surface area contributed by atoms with Crippen LogP contribution in [0.15, 0.2) is 17.5 Å². The van der Waals surface area contributed by atoms with E-state index >= 15 is 0 Å². The first kappa shape index (κ1) is 9.46. The molecule has 0 fully saturated rings. The lowest BCUT2D eigenvalue weighted by Crippen LogP contribution is -1.81. The standard InChI is InChI=1S/C11H11IS/c1-3-8-6-13-11-4-7(2)10(12)5-9(8)11/h4-6H,3H2,1-2H3. The molecule has 0 aliphatic carbocycles. The van der Waals surface area contributed by atoms with Gasteiger partial charge in [0, 0.05) is 8.27 Å². The Morgan fingerprint density at radius 2 is 2.15 bits per heavy atom. The highest BCUT2D eigenvalue weighted by Crippen LogP contribution is 2.29. The number of hydrogen-bond acceptors (Lipinski definition) is 1. The summed E-state index contributed by atoms with van der Waals surface area (Å²) in [6.45, 7) is 4.39. The molecule has 13 heavy (non-hydrogen) atoms. The maximum Gasteiger partial charge on any atom is 0.0348 e. The van der Waals surface area contributed by atoms with Gasteiger partial charge >= 0.3 is 0 Å². The fourth-order valence-electron chi connectivity index (χ4n) is 1.48. The Morgan fingerprint density at radius 3 is 2.85 bits per heavy atom. The normalized spacial score (nSPS) is 11.0. The Bertz CT molecular complexity index is 443.